The molecule has 1 saturated heterocycles. The summed E-state index contributed by atoms with van der Waals surface area (Å²) >= 11 is 6.84. The fourth-order valence-corrected chi connectivity index (χ4v) is 6.58. The predicted octanol–water partition coefficient (Wildman–Crippen LogP) is 6.17. The number of fused-ring (bicyclic) bond motifs is 2. The van der Waals surface area contributed by atoms with Crippen LogP contribution in [0.3, 0.4) is 0 Å². The van der Waals surface area contributed by atoms with E-state index in [4.69, 9.17) is 16.3 Å². The second-order valence-electron chi connectivity index (χ2n) is 10.2. The number of nitrogens with one attached hydrogen (secondary N) is 2. The molecule has 3 N–H and O–H groups in total. The molecule has 1 fully saturated rings. The molecule has 2 amide bonds. The molecule has 2 unspecified atom stereocenters. The first-order valence-electron chi connectivity index (χ1n) is 13.0. The van der Waals surface area contributed by atoms with Crippen molar-refractivity contribution in [3.63, 3.8) is 0 Å². The highest BCUT2D eigenvalue weighted by atomic mass is 35.5. The lowest BCUT2D eigenvalue weighted by atomic mass is 9.82. The second kappa shape index (κ2) is 10.8. The van der Waals surface area contributed by atoms with Crippen molar-refractivity contribution in [3.8, 4) is 11.3 Å². The summed E-state index contributed by atoms with van der Waals surface area (Å²) < 4.78 is 35.9. The first kappa shape index (κ1) is 27.9. The number of nitrogens with zero attached hydrogens (tertiary/aromatic N) is 2. The van der Waals surface area contributed by atoms with Gasteiger partial charge in [-0.25, -0.2) is 23.4 Å². The molecule has 216 valence electrons. The molecule has 0 radical (unpaired) electrons. The first-order valence-corrected chi connectivity index (χ1v) is 14.3. The van der Waals surface area contributed by atoms with Crippen LogP contribution in [0.4, 0.5) is 19.3 Å². The fraction of sp³-hybridized carbons (Fsp3) is 0.241. The van der Waals surface area contributed by atoms with Crippen molar-refractivity contribution in [2.24, 2.45) is 0 Å². The zero-order valence-electron chi connectivity index (χ0n) is 21.8. The molecule has 0 aliphatic carbocycles. The lowest BCUT2D eigenvalue weighted by molar-refractivity contribution is -0.141. The topological polar surface area (TPSA) is 125 Å². The molecule has 2 aromatic heterocycles. The molecular weight excluding hydrogens is 590 g/mol. The van der Waals surface area contributed by atoms with Crippen LogP contribution in [0.5, 0.6) is 0 Å². The number of piperidine rings is 1. The monoisotopic (exact) mass is 612 g/mol. The van der Waals surface area contributed by atoms with Gasteiger partial charge in [-0.2, -0.15) is 0 Å². The third-order valence-electron chi connectivity index (χ3n) is 7.55. The number of carboxylic acids is 1. The van der Waals surface area contributed by atoms with Gasteiger partial charge in [0.2, 0.25) is 5.91 Å². The predicted molar refractivity (Wildman–Crippen MR) is 151 cm³/mol. The highest BCUT2D eigenvalue weighted by Crippen LogP contribution is 2.45. The minimum absolute atomic E-state index is 0.00770. The zero-order chi connectivity index (χ0) is 29.6. The van der Waals surface area contributed by atoms with E-state index in [-0.39, 0.29) is 58.6 Å². The number of halogens is 3. The number of aromatic carboxylic acids is 1. The Hall–Kier alpha value is -4.29. The molecule has 6 rings (SSSR count). The Morgan fingerprint density at radius 2 is 1.98 bits per heavy atom. The SMILES string of the molecule is O=C1Nc2ccc(Cl)c(F)c2C2(CCCN(C(=O)C(Cc3ccccc3)c3nc(-c4csc(C(=O)O)c4F)c[nH]3)C2)O1. The number of aromatic amines is 1. The number of hydrogen-bond acceptors (Lipinski definition) is 6. The molecule has 4 heterocycles. The Morgan fingerprint density at radius 1 is 1.19 bits per heavy atom. The first-order chi connectivity index (χ1) is 20.2. The molecule has 9 nitrogen and oxygen atoms in total. The van der Waals surface area contributed by atoms with Crippen LogP contribution in [0.15, 0.2) is 54.0 Å². The summed E-state index contributed by atoms with van der Waals surface area (Å²) in [6, 6.07) is 12.1. The van der Waals surface area contributed by atoms with E-state index in [1.165, 1.54) is 28.6 Å². The summed E-state index contributed by atoms with van der Waals surface area (Å²) in [5.74, 6) is -3.97. The van der Waals surface area contributed by atoms with Gasteiger partial charge in [-0.05, 0) is 37.0 Å². The largest absolute Gasteiger partial charge is 0.477 e. The Kier molecular flexibility index (Phi) is 7.19. The quantitative estimate of drug-likeness (QED) is 0.239. The number of imidazole rings is 1. The van der Waals surface area contributed by atoms with E-state index in [0.29, 0.717) is 13.0 Å². The standard InChI is InChI=1S/C29H23ClF2N4O5S/c30-18-7-8-19-21(23(18)32)29(41-28(40)35-19)9-4-10-36(14-29)26(37)16(11-15-5-2-1-3-6-15)25-33-12-20(34-25)17-13-42-24(22(17)31)27(38)39/h1-3,5-8,12-13,16H,4,9-11,14H2,(H,33,34)(H,35,40)(H,38,39). The fourth-order valence-electron chi connectivity index (χ4n) is 5.65. The highest BCUT2D eigenvalue weighted by molar-refractivity contribution is 7.12. The van der Waals surface area contributed by atoms with E-state index >= 15 is 4.39 Å². The van der Waals surface area contributed by atoms with Gasteiger partial charge in [0.15, 0.2) is 17.2 Å². The summed E-state index contributed by atoms with van der Waals surface area (Å²) in [7, 11) is 0. The smallest absolute Gasteiger partial charge is 0.412 e. The molecule has 0 saturated carbocycles. The molecule has 4 aromatic rings. The zero-order valence-corrected chi connectivity index (χ0v) is 23.4. The van der Waals surface area contributed by atoms with Crippen LogP contribution in [0, 0.1) is 11.6 Å². The van der Waals surface area contributed by atoms with Gasteiger partial charge in [0.1, 0.15) is 16.6 Å². The minimum Gasteiger partial charge on any atom is -0.477 e. The van der Waals surface area contributed by atoms with Crippen LogP contribution < -0.4 is 5.32 Å². The van der Waals surface area contributed by atoms with Crippen LogP contribution in [0.25, 0.3) is 11.3 Å². The maximum atomic E-state index is 15.4. The Balaban J connectivity index is 1.36. The molecule has 2 aliphatic rings. The van der Waals surface area contributed by atoms with Gasteiger partial charge in [-0.3, -0.25) is 10.1 Å². The van der Waals surface area contributed by atoms with Gasteiger partial charge in [0.05, 0.1) is 28.5 Å². The summed E-state index contributed by atoms with van der Waals surface area (Å²) in [5.41, 5.74) is -0.115. The van der Waals surface area contributed by atoms with E-state index in [2.05, 4.69) is 15.3 Å². The van der Waals surface area contributed by atoms with Gasteiger partial charge >= 0.3 is 12.1 Å². The number of rotatable bonds is 6. The molecule has 42 heavy (non-hydrogen) atoms. The van der Waals surface area contributed by atoms with E-state index < -0.39 is 40.1 Å². The van der Waals surface area contributed by atoms with Crippen molar-refractivity contribution >= 4 is 46.6 Å². The van der Waals surface area contributed by atoms with Gasteiger partial charge in [0.25, 0.3) is 0 Å². The summed E-state index contributed by atoms with van der Waals surface area (Å²) in [6.07, 6.45) is 1.61. The number of thiophene rings is 1. The number of aromatic nitrogens is 2. The number of anilines is 1. The highest BCUT2D eigenvalue weighted by Gasteiger charge is 2.49. The molecule has 2 atom stereocenters. The van der Waals surface area contributed by atoms with Gasteiger partial charge in [-0.15, -0.1) is 11.3 Å². The number of carboxylic acid groups (broad SMARTS) is 1. The van der Waals surface area contributed by atoms with E-state index in [0.717, 1.165) is 16.9 Å². The van der Waals surface area contributed by atoms with Crippen molar-refractivity contribution < 1.29 is 33.0 Å². The lowest BCUT2D eigenvalue weighted by Gasteiger charge is -2.45. The van der Waals surface area contributed by atoms with Crippen molar-refractivity contribution in [2.45, 2.75) is 30.8 Å². The summed E-state index contributed by atoms with van der Waals surface area (Å²) in [4.78, 5) is 46.6. The summed E-state index contributed by atoms with van der Waals surface area (Å²) in [5, 5.41) is 13.0. The molecular formula is C29H23ClF2N4O5S. The maximum absolute atomic E-state index is 15.4. The van der Waals surface area contributed by atoms with Gasteiger partial charge in [-0.1, -0.05) is 41.9 Å². The molecule has 13 heteroatoms. The Morgan fingerprint density at radius 3 is 2.71 bits per heavy atom. The van der Waals surface area contributed by atoms with Crippen LogP contribution in [0.1, 0.15) is 45.4 Å². The maximum Gasteiger partial charge on any atom is 0.412 e. The molecule has 1 spiro atoms. The van der Waals surface area contributed by atoms with Crippen LogP contribution >= 0.6 is 22.9 Å². The van der Waals surface area contributed by atoms with E-state index in [9.17, 15) is 23.9 Å². The van der Waals surface area contributed by atoms with E-state index in [1.807, 2.05) is 30.3 Å². The van der Waals surface area contributed by atoms with E-state index in [1.54, 1.807) is 0 Å². The average molecular weight is 613 g/mol. The number of carbonyl (C=O) groups is 3. The van der Waals surface area contributed by atoms with Gasteiger partial charge in [0, 0.05) is 23.7 Å². The molecule has 2 aromatic carbocycles. The third kappa shape index (κ3) is 4.90. The number of amides is 2. The molecule has 0 bridgehead atoms. The lowest BCUT2D eigenvalue weighted by Crippen LogP contribution is -2.54. The number of benzene rings is 2. The third-order valence-corrected chi connectivity index (χ3v) is 8.79. The average Bonchev–Trinajstić information content (AvgIpc) is 3.60. The molecule has 2 aliphatic heterocycles. The van der Waals surface area contributed by atoms with Crippen LogP contribution in [0.2, 0.25) is 5.02 Å². The minimum atomic E-state index is -1.45. The normalized spacial score (nSPS) is 18.7. The summed E-state index contributed by atoms with van der Waals surface area (Å²) in [6.45, 7) is 0.215. The van der Waals surface area contributed by atoms with Crippen molar-refractivity contribution in [1.82, 2.24) is 14.9 Å². The number of likely N-dealkylation sites (tertiary alicyclic amines) is 1. The second-order valence-corrected chi connectivity index (χ2v) is 11.5. The Labute approximate surface area is 247 Å². The number of hydrogen-bond donors (Lipinski definition) is 3. The number of H-pyrrole nitrogens is 1. The Bertz CT molecular complexity index is 1710. The number of carbonyl (C=O) groups excluding carboxylic acids is 2. The van der Waals surface area contributed by atoms with Crippen LogP contribution in [-0.4, -0.2) is 51.0 Å². The van der Waals surface area contributed by atoms with Crippen molar-refractivity contribution in [3.05, 3.63) is 92.5 Å². The van der Waals surface area contributed by atoms with Crippen LogP contribution in [-0.2, 0) is 21.6 Å². The van der Waals surface area contributed by atoms with Crippen molar-refractivity contribution in [2.75, 3.05) is 18.4 Å². The van der Waals surface area contributed by atoms with Gasteiger partial charge < -0.3 is 19.7 Å². The van der Waals surface area contributed by atoms with Crippen molar-refractivity contribution in [1.29, 1.82) is 0 Å². The number of ether oxygens (including phenoxy) is 1.